The van der Waals surface area contributed by atoms with Crippen LogP contribution in [0.2, 0.25) is 0 Å². The first-order valence-electron chi connectivity index (χ1n) is 6.19. The highest BCUT2D eigenvalue weighted by molar-refractivity contribution is 7.89. The van der Waals surface area contributed by atoms with Gasteiger partial charge in [-0.3, -0.25) is 0 Å². The van der Waals surface area contributed by atoms with Crippen LogP contribution in [0.25, 0.3) is 0 Å². The molecule has 0 bridgehead atoms. The average Bonchev–Trinajstić information content (AvgIpc) is 2.94. The number of nitrogens with two attached hydrogens (primary N) is 1. The third kappa shape index (κ3) is 3.01. The molecule has 6 heteroatoms. The fourth-order valence-corrected chi connectivity index (χ4v) is 3.35. The Morgan fingerprint density at radius 1 is 1.47 bits per heavy atom. The molecule has 1 aromatic carbocycles. The van der Waals surface area contributed by atoms with Gasteiger partial charge >= 0.3 is 0 Å². The van der Waals surface area contributed by atoms with E-state index in [-0.39, 0.29) is 16.1 Å². The summed E-state index contributed by atoms with van der Waals surface area (Å²) < 4.78 is 32.2. The second-order valence-electron chi connectivity index (χ2n) is 5.65. The lowest BCUT2D eigenvalue weighted by molar-refractivity contribution is 0.402. The molecule has 1 aliphatic carbocycles. The van der Waals surface area contributed by atoms with E-state index in [4.69, 9.17) is 10.5 Å². The third-order valence-electron chi connectivity index (χ3n) is 3.71. The van der Waals surface area contributed by atoms with Crippen LogP contribution in [0.3, 0.4) is 0 Å². The molecule has 3 N–H and O–H groups in total. The number of rotatable bonds is 5. The summed E-state index contributed by atoms with van der Waals surface area (Å²) in [7, 11) is -2.13. The maximum Gasteiger partial charge on any atom is 0.244 e. The number of methoxy groups -OCH3 is 1. The summed E-state index contributed by atoms with van der Waals surface area (Å²) in [5.41, 5.74) is 6.33. The number of sulfonamides is 1. The van der Waals surface area contributed by atoms with Gasteiger partial charge in [0.2, 0.25) is 10.0 Å². The highest BCUT2D eigenvalue weighted by Crippen LogP contribution is 2.51. The average molecular weight is 284 g/mol. The van der Waals surface area contributed by atoms with E-state index in [0.717, 1.165) is 6.42 Å². The molecule has 1 fully saturated rings. The molecule has 0 saturated heterocycles. The van der Waals surface area contributed by atoms with Gasteiger partial charge in [-0.05, 0) is 29.9 Å². The van der Waals surface area contributed by atoms with Crippen molar-refractivity contribution in [1.29, 1.82) is 0 Å². The van der Waals surface area contributed by atoms with Crippen LogP contribution >= 0.6 is 0 Å². The standard InChI is InChI=1S/C13H20N2O3S/c1-13(2)7-9(13)8-15-19(16,17)12-5-4-10(14)6-11(12)18-3/h4-6,9,15H,7-8,14H2,1-3H3. The van der Waals surface area contributed by atoms with Crippen LogP contribution in [0.1, 0.15) is 20.3 Å². The van der Waals surface area contributed by atoms with Crippen LogP contribution in [-0.2, 0) is 10.0 Å². The molecule has 1 saturated carbocycles. The summed E-state index contributed by atoms with van der Waals surface area (Å²) in [5.74, 6) is 0.671. The zero-order valence-electron chi connectivity index (χ0n) is 11.4. The van der Waals surface area contributed by atoms with Crippen LogP contribution < -0.4 is 15.2 Å². The lowest BCUT2D eigenvalue weighted by Crippen LogP contribution is -2.27. The second-order valence-corrected chi connectivity index (χ2v) is 7.39. The van der Waals surface area contributed by atoms with Gasteiger partial charge in [-0.1, -0.05) is 13.8 Å². The quantitative estimate of drug-likeness (QED) is 0.805. The first-order valence-corrected chi connectivity index (χ1v) is 7.68. The molecule has 0 aliphatic heterocycles. The van der Waals surface area contributed by atoms with Crippen molar-refractivity contribution in [3.05, 3.63) is 18.2 Å². The summed E-state index contributed by atoms with van der Waals surface area (Å²) in [6.07, 6.45) is 1.05. The third-order valence-corrected chi connectivity index (χ3v) is 5.18. The van der Waals surface area contributed by atoms with Crippen molar-refractivity contribution in [2.75, 3.05) is 19.4 Å². The maximum absolute atomic E-state index is 12.2. The van der Waals surface area contributed by atoms with Gasteiger partial charge in [0.15, 0.2) is 0 Å². The minimum atomic E-state index is -3.56. The summed E-state index contributed by atoms with van der Waals surface area (Å²) in [6.45, 7) is 4.73. The van der Waals surface area contributed by atoms with Crippen molar-refractivity contribution >= 4 is 15.7 Å². The molecule has 0 radical (unpaired) electrons. The molecule has 0 aromatic heterocycles. The zero-order valence-corrected chi connectivity index (χ0v) is 12.3. The number of ether oxygens (including phenoxy) is 1. The summed E-state index contributed by atoms with van der Waals surface area (Å²) in [6, 6.07) is 4.53. The Bertz CT molecular complexity index is 582. The topological polar surface area (TPSA) is 81.4 Å². The molecule has 106 valence electrons. The second kappa shape index (κ2) is 4.68. The maximum atomic E-state index is 12.2. The molecule has 1 aromatic rings. The van der Waals surface area contributed by atoms with Gasteiger partial charge in [0, 0.05) is 18.3 Å². The van der Waals surface area contributed by atoms with Crippen molar-refractivity contribution < 1.29 is 13.2 Å². The molecule has 1 unspecified atom stereocenters. The Kier molecular flexibility index (Phi) is 3.49. The lowest BCUT2D eigenvalue weighted by atomic mass is 10.1. The van der Waals surface area contributed by atoms with Gasteiger partial charge in [0.1, 0.15) is 10.6 Å². The molecule has 1 aliphatic rings. The molecule has 1 atom stereocenters. The Balaban J connectivity index is 2.15. The molecule has 19 heavy (non-hydrogen) atoms. The van der Waals surface area contributed by atoms with Crippen LogP contribution in [0.4, 0.5) is 5.69 Å². The van der Waals surface area contributed by atoms with Crippen LogP contribution in [0.5, 0.6) is 5.75 Å². The minimum Gasteiger partial charge on any atom is -0.495 e. The van der Waals surface area contributed by atoms with Gasteiger partial charge in [-0.2, -0.15) is 0 Å². The van der Waals surface area contributed by atoms with Gasteiger partial charge in [0.25, 0.3) is 0 Å². The fourth-order valence-electron chi connectivity index (χ4n) is 2.12. The summed E-state index contributed by atoms with van der Waals surface area (Å²) in [5, 5.41) is 0. The Morgan fingerprint density at radius 3 is 2.63 bits per heavy atom. The van der Waals surface area contributed by atoms with Crippen LogP contribution in [0.15, 0.2) is 23.1 Å². The first-order chi connectivity index (χ1) is 8.76. The van der Waals surface area contributed by atoms with Crippen molar-refractivity contribution in [2.45, 2.75) is 25.2 Å². The van der Waals surface area contributed by atoms with Crippen LogP contribution in [-0.4, -0.2) is 22.1 Å². The number of nitrogens with one attached hydrogen (secondary N) is 1. The number of anilines is 1. The van der Waals surface area contributed by atoms with Crippen molar-refractivity contribution in [1.82, 2.24) is 4.72 Å². The van der Waals surface area contributed by atoms with E-state index in [1.54, 1.807) is 6.07 Å². The summed E-state index contributed by atoms with van der Waals surface area (Å²) >= 11 is 0. The van der Waals surface area contributed by atoms with E-state index >= 15 is 0 Å². The van der Waals surface area contributed by atoms with Gasteiger partial charge in [0.05, 0.1) is 7.11 Å². The van der Waals surface area contributed by atoms with Crippen molar-refractivity contribution in [2.24, 2.45) is 11.3 Å². The van der Waals surface area contributed by atoms with Crippen molar-refractivity contribution in [3.63, 3.8) is 0 Å². The van der Waals surface area contributed by atoms with E-state index in [2.05, 4.69) is 18.6 Å². The normalized spacial score (nSPS) is 21.1. The van der Waals surface area contributed by atoms with Gasteiger partial charge in [-0.15, -0.1) is 0 Å². The number of benzene rings is 1. The lowest BCUT2D eigenvalue weighted by Gasteiger charge is -2.11. The zero-order chi connectivity index (χ0) is 14.3. The molecular formula is C13H20N2O3S. The molecule has 0 amide bonds. The number of hydrogen-bond donors (Lipinski definition) is 2. The Labute approximate surface area is 114 Å². The SMILES string of the molecule is COc1cc(N)ccc1S(=O)(=O)NCC1CC1(C)C. The summed E-state index contributed by atoms with van der Waals surface area (Å²) in [4.78, 5) is 0.127. The molecular weight excluding hydrogens is 264 g/mol. The monoisotopic (exact) mass is 284 g/mol. The predicted molar refractivity (Wildman–Crippen MR) is 74.5 cm³/mol. The van der Waals surface area contributed by atoms with Crippen molar-refractivity contribution in [3.8, 4) is 5.75 Å². The fraction of sp³-hybridized carbons (Fsp3) is 0.538. The Morgan fingerprint density at radius 2 is 2.11 bits per heavy atom. The minimum absolute atomic E-state index is 0.127. The van der Waals surface area contributed by atoms with E-state index in [0.29, 0.717) is 18.2 Å². The smallest absolute Gasteiger partial charge is 0.244 e. The Hall–Kier alpha value is -1.27. The van der Waals surface area contributed by atoms with E-state index < -0.39 is 10.0 Å². The molecule has 5 nitrogen and oxygen atoms in total. The first kappa shape index (κ1) is 14.1. The van der Waals surface area contributed by atoms with E-state index in [1.165, 1.54) is 19.2 Å². The molecule has 0 spiro atoms. The van der Waals surface area contributed by atoms with Gasteiger partial charge in [-0.25, -0.2) is 13.1 Å². The van der Waals surface area contributed by atoms with E-state index in [9.17, 15) is 8.42 Å². The highest BCUT2D eigenvalue weighted by Gasteiger charge is 2.45. The molecule has 0 heterocycles. The van der Waals surface area contributed by atoms with E-state index in [1.807, 2.05) is 0 Å². The van der Waals surface area contributed by atoms with Crippen LogP contribution in [0, 0.1) is 11.3 Å². The van der Waals surface area contributed by atoms with Gasteiger partial charge < -0.3 is 10.5 Å². The number of hydrogen-bond acceptors (Lipinski definition) is 4. The predicted octanol–water partition coefficient (Wildman–Crippen LogP) is 1.60. The largest absolute Gasteiger partial charge is 0.495 e. The highest BCUT2D eigenvalue weighted by atomic mass is 32.2. The number of nitrogen functional groups attached to an aromatic ring is 1. The molecule has 2 rings (SSSR count).